The van der Waals surface area contributed by atoms with Gasteiger partial charge in [0.2, 0.25) is 0 Å². The van der Waals surface area contributed by atoms with Gasteiger partial charge >= 0.3 is 0 Å². The van der Waals surface area contributed by atoms with Crippen molar-refractivity contribution in [2.45, 2.75) is 43.4 Å². The molecule has 0 radical (unpaired) electrons. The normalized spacial score (nSPS) is 28.7. The molecule has 3 heteroatoms. The molecule has 1 N–H and O–H groups in total. The van der Waals surface area contributed by atoms with Gasteiger partial charge in [0.25, 0.3) is 0 Å². The second-order valence-corrected chi connectivity index (χ2v) is 5.28. The largest absolute Gasteiger partial charge is 0.384 e. The Hall–Kier alpha value is 0.270. The molecule has 1 aliphatic rings. The SMILES string of the molecule is CNC1CCCCCC1SCCOC. The maximum atomic E-state index is 5.09. The van der Waals surface area contributed by atoms with E-state index in [4.69, 9.17) is 4.74 Å². The average molecular weight is 217 g/mol. The predicted molar refractivity (Wildman–Crippen MR) is 64.1 cm³/mol. The Balaban J connectivity index is 2.28. The lowest BCUT2D eigenvalue weighted by molar-refractivity contribution is 0.218. The highest BCUT2D eigenvalue weighted by Crippen LogP contribution is 2.27. The number of hydrogen-bond acceptors (Lipinski definition) is 3. The molecule has 0 saturated heterocycles. The molecule has 0 aliphatic heterocycles. The van der Waals surface area contributed by atoms with Crippen LogP contribution in [0, 0.1) is 0 Å². The molecule has 0 amide bonds. The lowest BCUT2D eigenvalue weighted by atomic mass is 10.1. The van der Waals surface area contributed by atoms with Crippen molar-refractivity contribution in [3.8, 4) is 0 Å². The molecule has 2 nitrogen and oxygen atoms in total. The van der Waals surface area contributed by atoms with Crippen LogP contribution in [0.2, 0.25) is 0 Å². The Morgan fingerprint density at radius 1 is 1.29 bits per heavy atom. The second kappa shape index (κ2) is 7.55. The Kier molecular flexibility index (Phi) is 6.65. The lowest BCUT2D eigenvalue weighted by Crippen LogP contribution is -2.35. The van der Waals surface area contributed by atoms with E-state index >= 15 is 0 Å². The lowest BCUT2D eigenvalue weighted by Gasteiger charge is -2.24. The van der Waals surface area contributed by atoms with E-state index in [1.165, 1.54) is 32.1 Å². The van der Waals surface area contributed by atoms with Crippen LogP contribution >= 0.6 is 11.8 Å². The summed E-state index contributed by atoms with van der Waals surface area (Å²) in [4.78, 5) is 0. The molecular formula is C11H23NOS. The van der Waals surface area contributed by atoms with E-state index in [1.54, 1.807) is 7.11 Å². The summed E-state index contributed by atoms with van der Waals surface area (Å²) in [7, 11) is 3.88. The highest BCUT2D eigenvalue weighted by Gasteiger charge is 2.22. The van der Waals surface area contributed by atoms with E-state index in [9.17, 15) is 0 Å². The average Bonchev–Trinajstić information content (AvgIpc) is 2.43. The maximum absolute atomic E-state index is 5.09. The Morgan fingerprint density at radius 3 is 2.79 bits per heavy atom. The molecule has 1 fully saturated rings. The topological polar surface area (TPSA) is 21.3 Å². The number of nitrogens with one attached hydrogen (secondary N) is 1. The van der Waals surface area contributed by atoms with Crippen molar-refractivity contribution in [2.75, 3.05) is 26.5 Å². The first-order valence-electron chi connectivity index (χ1n) is 5.66. The molecule has 0 heterocycles. The Labute approximate surface area is 92.2 Å². The maximum Gasteiger partial charge on any atom is 0.0553 e. The quantitative estimate of drug-likeness (QED) is 0.564. The smallest absolute Gasteiger partial charge is 0.0553 e. The molecule has 1 aliphatic carbocycles. The van der Waals surface area contributed by atoms with Crippen molar-refractivity contribution in [3.05, 3.63) is 0 Å². The van der Waals surface area contributed by atoms with Gasteiger partial charge in [0.1, 0.15) is 0 Å². The van der Waals surface area contributed by atoms with E-state index in [0.717, 1.165) is 23.7 Å². The van der Waals surface area contributed by atoms with Crippen molar-refractivity contribution in [3.63, 3.8) is 0 Å². The summed E-state index contributed by atoms with van der Waals surface area (Å²) >= 11 is 2.08. The van der Waals surface area contributed by atoms with E-state index in [2.05, 4.69) is 24.1 Å². The van der Waals surface area contributed by atoms with Crippen LogP contribution in [0.25, 0.3) is 0 Å². The summed E-state index contributed by atoms with van der Waals surface area (Å²) in [6.45, 7) is 0.887. The Bertz CT molecular complexity index is 143. The number of rotatable bonds is 5. The van der Waals surface area contributed by atoms with Gasteiger partial charge in [-0.2, -0.15) is 11.8 Å². The predicted octanol–water partition coefficient (Wildman–Crippen LogP) is 2.29. The third-order valence-electron chi connectivity index (χ3n) is 2.94. The highest BCUT2D eigenvalue weighted by atomic mass is 32.2. The van der Waals surface area contributed by atoms with Crippen molar-refractivity contribution in [1.82, 2.24) is 5.32 Å². The van der Waals surface area contributed by atoms with E-state index < -0.39 is 0 Å². The fourth-order valence-corrected chi connectivity index (χ4v) is 3.49. The molecule has 0 aromatic rings. The van der Waals surface area contributed by atoms with Gasteiger partial charge in [-0.05, 0) is 19.9 Å². The van der Waals surface area contributed by atoms with Crippen LogP contribution in [0.5, 0.6) is 0 Å². The first-order valence-corrected chi connectivity index (χ1v) is 6.71. The third-order valence-corrected chi connectivity index (χ3v) is 4.34. The fraction of sp³-hybridized carbons (Fsp3) is 1.00. The van der Waals surface area contributed by atoms with Gasteiger partial charge in [0, 0.05) is 24.2 Å². The van der Waals surface area contributed by atoms with E-state index in [1.807, 2.05) is 0 Å². The summed E-state index contributed by atoms with van der Waals surface area (Å²) in [6, 6.07) is 0.722. The van der Waals surface area contributed by atoms with Gasteiger partial charge in [-0.15, -0.1) is 0 Å². The number of hydrogen-bond donors (Lipinski definition) is 1. The van der Waals surface area contributed by atoms with Crippen LogP contribution in [0.4, 0.5) is 0 Å². The summed E-state index contributed by atoms with van der Waals surface area (Å²) in [5.74, 6) is 1.14. The molecule has 1 saturated carbocycles. The molecule has 0 aromatic carbocycles. The monoisotopic (exact) mass is 217 g/mol. The molecule has 2 atom stereocenters. The molecule has 14 heavy (non-hydrogen) atoms. The van der Waals surface area contributed by atoms with Gasteiger partial charge < -0.3 is 10.1 Å². The van der Waals surface area contributed by atoms with Crippen LogP contribution in [-0.2, 0) is 4.74 Å². The fourth-order valence-electron chi connectivity index (χ4n) is 2.09. The minimum Gasteiger partial charge on any atom is -0.384 e. The summed E-state index contributed by atoms with van der Waals surface area (Å²) in [6.07, 6.45) is 6.94. The van der Waals surface area contributed by atoms with Gasteiger partial charge in [-0.1, -0.05) is 19.3 Å². The highest BCUT2D eigenvalue weighted by molar-refractivity contribution is 7.99. The van der Waals surface area contributed by atoms with Crippen molar-refractivity contribution in [2.24, 2.45) is 0 Å². The van der Waals surface area contributed by atoms with Crippen molar-refractivity contribution in [1.29, 1.82) is 0 Å². The number of methoxy groups -OCH3 is 1. The minimum atomic E-state index is 0.722. The standard InChI is InChI=1S/C11H23NOS/c1-12-10-6-4-3-5-7-11(10)14-9-8-13-2/h10-12H,3-9H2,1-2H3. The van der Waals surface area contributed by atoms with Crippen LogP contribution < -0.4 is 5.32 Å². The zero-order valence-electron chi connectivity index (χ0n) is 9.42. The first kappa shape index (κ1) is 12.3. The van der Waals surface area contributed by atoms with Crippen LogP contribution in [0.3, 0.4) is 0 Å². The molecule has 0 aromatic heterocycles. The zero-order chi connectivity index (χ0) is 10.2. The van der Waals surface area contributed by atoms with Gasteiger partial charge in [0.05, 0.1) is 6.61 Å². The zero-order valence-corrected chi connectivity index (χ0v) is 10.2. The molecule has 2 unspecified atom stereocenters. The summed E-state index contributed by atoms with van der Waals surface area (Å²) in [5.41, 5.74) is 0. The number of ether oxygens (including phenoxy) is 1. The van der Waals surface area contributed by atoms with Crippen LogP contribution in [0.1, 0.15) is 32.1 Å². The van der Waals surface area contributed by atoms with Crippen LogP contribution in [-0.4, -0.2) is 37.8 Å². The molecule has 1 rings (SSSR count). The molecule has 0 spiro atoms. The molecule has 84 valence electrons. The molecular weight excluding hydrogens is 194 g/mol. The van der Waals surface area contributed by atoms with Crippen molar-refractivity contribution >= 4 is 11.8 Å². The van der Waals surface area contributed by atoms with E-state index in [-0.39, 0.29) is 0 Å². The van der Waals surface area contributed by atoms with Gasteiger partial charge in [-0.3, -0.25) is 0 Å². The summed E-state index contributed by atoms with van der Waals surface area (Å²) < 4.78 is 5.09. The van der Waals surface area contributed by atoms with Crippen molar-refractivity contribution < 1.29 is 4.74 Å². The van der Waals surface area contributed by atoms with E-state index in [0.29, 0.717) is 0 Å². The van der Waals surface area contributed by atoms with Gasteiger partial charge in [-0.25, -0.2) is 0 Å². The Morgan fingerprint density at radius 2 is 2.07 bits per heavy atom. The minimum absolute atomic E-state index is 0.722. The summed E-state index contributed by atoms with van der Waals surface area (Å²) in [5, 5.41) is 4.26. The second-order valence-electron chi connectivity index (χ2n) is 3.94. The first-order chi connectivity index (χ1) is 6.88. The van der Waals surface area contributed by atoms with Gasteiger partial charge in [0.15, 0.2) is 0 Å². The van der Waals surface area contributed by atoms with Crippen LogP contribution in [0.15, 0.2) is 0 Å². The number of thioether (sulfide) groups is 1. The third kappa shape index (κ3) is 4.20. The molecule has 0 bridgehead atoms.